The summed E-state index contributed by atoms with van der Waals surface area (Å²) in [5.41, 5.74) is 3.11. The molecule has 0 bridgehead atoms. The van der Waals surface area contributed by atoms with Gasteiger partial charge in [-0.1, -0.05) is 62.0 Å². The van der Waals surface area contributed by atoms with Gasteiger partial charge < -0.3 is 0 Å². The Morgan fingerprint density at radius 1 is 1.29 bits per heavy atom. The lowest BCUT2D eigenvalue weighted by Gasteiger charge is -2.32. The molecule has 2 aliphatic rings. The number of hydrogen-bond donors (Lipinski definition) is 0. The van der Waals surface area contributed by atoms with E-state index in [0.717, 1.165) is 6.42 Å². The summed E-state index contributed by atoms with van der Waals surface area (Å²) in [6.07, 6.45) is 21.8. The van der Waals surface area contributed by atoms with Gasteiger partial charge in [0.2, 0.25) is 0 Å². The maximum atomic E-state index is 4.00. The third-order valence-electron chi connectivity index (χ3n) is 4.07. The van der Waals surface area contributed by atoms with Gasteiger partial charge in [-0.3, -0.25) is 0 Å². The predicted octanol–water partition coefficient (Wildman–Crippen LogP) is 5.12. The Balaban J connectivity index is 2.44. The molecule has 0 radical (unpaired) electrons. The van der Waals surface area contributed by atoms with Gasteiger partial charge in [0.15, 0.2) is 0 Å². The topological polar surface area (TPSA) is 0 Å². The minimum atomic E-state index is 0.238. The fourth-order valence-electron chi connectivity index (χ4n) is 3.21. The van der Waals surface area contributed by atoms with E-state index < -0.39 is 0 Å². The van der Waals surface area contributed by atoms with Crippen molar-refractivity contribution in [3.05, 3.63) is 60.3 Å². The van der Waals surface area contributed by atoms with Crippen molar-refractivity contribution in [3.63, 3.8) is 0 Å². The molecule has 90 valence electrons. The highest BCUT2D eigenvalue weighted by molar-refractivity contribution is 5.44. The fourth-order valence-corrected chi connectivity index (χ4v) is 3.21. The van der Waals surface area contributed by atoms with Crippen LogP contribution in [-0.4, -0.2) is 0 Å². The van der Waals surface area contributed by atoms with Crippen molar-refractivity contribution in [2.75, 3.05) is 0 Å². The molecule has 0 unspecified atom stereocenters. The van der Waals surface area contributed by atoms with Crippen LogP contribution in [0.2, 0.25) is 0 Å². The Labute approximate surface area is 105 Å². The van der Waals surface area contributed by atoms with Crippen LogP contribution in [0.25, 0.3) is 0 Å². The van der Waals surface area contributed by atoms with Crippen molar-refractivity contribution in [2.45, 2.75) is 39.0 Å². The maximum absolute atomic E-state index is 4.00. The van der Waals surface area contributed by atoms with Crippen LogP contribution in [0.3, 0.4) is 0 Å². The molecule has 0 spiro atoms. The molecule has 17 heavy (non-hydrogen) atoms. The summed E-state index contributed by atoms with van der Waals surface area (Å²) in [6, 6.07) is 0. The van der Waals surface area contributed by atoms with Crippen LogP contribution in [0, 0.1) is 5.41 Å². The Kier molecular flexibility index (Phi) is 3.83. The summed E-state index contributed by atoms with van der Waals surface area (Å²) in [7, 11) is 0. The van der Waals surface area contributed by atoms with Gasteiger partial charge in [-0.05, 0) is 37.3 Å². The van der Waals surface area contributed by atoms with Gasteiger partial charge >= 0.3 is 0 Å². The average Bonchev–Trinajstić information content (AvgIpc) is 2.67. The molecular formula is C17H22. The number of hydrogen-bond acceptors (Lipinski definition) is 0. The van der Waals surface area contributed by atoms with Crippen molar-refractivity contribution in [2.24, 2.45) is 5.41 Å². The molecule has 0 aliphatic heterocycles. The van der Waals surface area contributed by atoms with Gasteiger partial charge in [-0.15, -0.1) is 0 Å². The first-order valence-corrected chi connectivity index (χ1v) is 6.66. The van der Waals surface area contributed by atoms with E-state index in [2.05, 4.69) is 56.0 Å². The van der Waals surface area contributed by atoms with Gasteiger partial charge in [0.1, 0.15) is 0 Å². The van der Waals surface area contributed by atoms with Crippen molar-refractivity contribution in [3.8, 4) is 0 Å². The standard InChI is InChI=1S/C17H22/c1-3-15(4-2)17(13-9-10-14-17)16-11-7-5-6-8-12-16/h3-5,7-8,11-12H,1,6,9-10,13-14H2,2H3/b15-4+. The van der Waals surface area contributed by atoms with Crippen LogP contribution in [0.15, 0.2) is 60.3 Å². The van der Waals surface area contributed by atoms with Crippen LogP contribution in [0.1, 0.15) is 39.0 Å². The first kappa shape index (κ1) is 12.2. The zero-order chi connectivity index (χ0) is 12.1. The minimum absolute atomic E-state index is 0.238. The molecule has 1 fully saturated rings. The number of allylic oxidation sites excluding steroid dienone is 9. The molecule has 0 saturated heterocycles. The van der Waals surface area contributed by atoms with E-state index in [4.69, 9.17) is 0 Å². The molecule has 1 saturated carbocycles. The second-order valence-corrected chi connectivity index (χ2v) is 4.93. The summed E-state index contributed by atoms with van der Waals surface area (Å²) >= 11 is 0. The highest BCUT2D eigenvalue weighted by atomic mass is 14.4. The van der Waals surface area contributed by atoms with E-state index in [1.54, 1.807) is 0 Å². The van der Waals surface area contributed by atoms with E-state index in [1.807, 2.05) is 0 Å². The Hall–Kier alpha value is -1.30. The van der Waals surface area contributed by atoms with Crippen LogP contribution in [-0.2, 0) is 0 Å². The maximum Gasteiger partial charge on any atom is 0.0199 e. The van der Waals surface area contributed by atoms with Crippen LogP contribution < -0.4 is 0 Å². The van der Waals surface area contributed by atoms with Crippen molar-refractivity contribution in [1.29, 1.82) is 0 Å². The lowest BCUT2D eigenvalue weighted by Crippen LogP contribution is -2.20. The molecular weight excluding hydrogens is 204 g/mol. The molecule has 0 nitrogen and oxygen atoms in total. The molecule has 0 amide bonds. The lowest BCUT2D eigenvalue weighted by molar-refractivity contribution is 0.467. The second kappa shape index (κ2) is 5.35. The van der Waals surface area contributed by atoms with E-state index in [0.29, 0.717) is 0 Å². The molecule has 0 aromatic carbocycles. The van der Waals surface area contributed by atoms with E-state index in [-0.39, 0.29) is 5.41 Å². The summed E-state index contributed by atoms with van der Waals surface area (Å²) in [4.78, 5) is 0. The molecule has 0 N–H and O–H groups in total. The number of rotatable bonds is 3. The molecule has 0 aromatic rings. The SMILES string of the molecule is C=C/C(=C\C)C1(C2=CC=CCC=C2)CCCC1. The Bertz CT molecular complexity index is 396. The molecule has 2 rings (SSSR count). The highest BCUT2D eigenvalue weighted by Crippen LogP contribution is 2.50. The lowest BCUT2D eigenvalue weighted by atomic mass is 9.71. The van der Waals surface area contributed by atoms with E-state index >= 15 is 0 Å². The van der Waals surface area contributed by atoms with Gasteiger partial charge in [-0.2, -0.15) is 0 Å². The Morgan fingerprint density at radius 2 is 2.06 bits per heavy atom. The van der Waals surface area contributed by atoms with Crippen molar-refractivity contribution < 1.29 is 0 Å². The fraction of sp³-hybridized carbons (Fsp3) is 0.412. The zero-order valence-corrected chi connectivity index (χ0v) is 10.8. The zero-order valence-electron chi connectivity index (χ0n) is 10.8. The smallest absolute Gasteiger partial charge is 0.0199 e. The summed E-state index contributed by atoms with van der Waals surface area (Å²) < 4.78 is 0. The summed E-state index contributed by atoms with van der Waals surface area (Å²) in [5, 5.41) is 0. The van der Waals surface area contributed by atoms with Gasteiger partial charge in [-0.25, -0.2) is 0 Å². The first-order chi connectivity index (χ1) is 8.33. The van der Waals surface area contributed by atoms with Crippen LogP contribution >= 0.6 is 0 Å². The minimum Gasteiger partial charge on any atom is -0.0988 e. The van der Waals surface area contributed by atoms with Gasteiger partial charge in [0.25, 0.3) is 0 Å². The molecule has 2 aliphatic carbocycles. The highest BCUT2D eigenvalue weighted by Gasteiger charge is 2.38. The van der Waals surface area contributed by atoms with E-state index in [9.17, 15) is 0 Å². The average molecular weight is 226 g/mol. The second-order valence-electron chi connectivity index (χ2n) is 4.93. The largest absolute Gasteiger partial charge is 0.0988 e. The summed E-state index contributed by atoms with van der Waals surface area (Å²) in [6.45, 7) is 6.13. The predicted molar refractivity (Wildman–Crippen MR) is 75.8 cm³/mol. The van der Waals surface area contributed by atoms with Gasteiger partial charge in [0, 0.05) is 5.41 Å². The third-order valence-corrected chi connectivity index (χ3v) is 4.07. The molecule has 0 atom stereocenters. The van der Waals surface area contributed by atoms with Gasteiger partial charge in [0.05, 0.1) is 0 Å². The normalized spacial score (nSPS) is 23.4. The van der Waals surface area contributed by atoms with E-state index in [1.165, 1.54) is 36.8 Å². The van der Waals surface area contributed by atoms with Crippen molar-refractivity contribution in [1.82, 2.24) is 0 Å². The van der Waals surface area contributed by atoms with Crippen LogP contribution in [0.5, 0.6) is 0 Å². The van der Waals surface area contributed by atoms with Crippen molar-refractivity contribution >= 4 is 0 Å². The molecule has 0 aromatic heterocycles. The van der Waals surface area contributed by atoms with Crippen LogP contribution in [0.4, 0.5) is 0 Å². The third kappa shape index (κ3) is 2.22. The summed E-state index contributed by atoms with van der Waals surface area (Å²) in [5.74, 6) is 0. The molecule has 0 heteroatoms. The first-order valence-electron chi connectivity index (χ1n) is 6.66. The monoisotopic (exact) mass is 226 g/mol. The molecule has 0 heterocycles. The quantitative estimate of drug-likeness (QED) is 0.586. The Morgan fingerprint density at radius 3 is 2.71 bits per heavy atom.